The van der Waals surface area contributed by atoms with E-state index in [1.807, 2.05) is 0 Å². The van der Waals surface area contributed by atoms with E-state index in [-0.39, 0.29) is 48.5 Å². The summed E-state index contributed by atoms with van der Waals surface area (Å²) in [5.41, 5.74) is -29.3. The van der Waals surface area contributed by atoms with Crippen LogP contribution in [-0.4, -0.2) is 13.1 Å². The topological polar surface area (TPSA) is 0 Å². The van der Waals surface area contributed by atoms with Crippen LogP contribution in [0.2, 0.25) is 0 Å². The Morgan fingerprint density at radius 3 is 0.791 bits per heavy atom. The summed E-state index contributed by atoms with van der Waals surface area (Å²) in [5, 5.41) is 0. The van der Waals surface area contributed by atoms with Crippen molar-refractivity contribution in [1.29, 1.82) is 0 Å². The van der Waals surface area contributed by atoms with Crippen LogP contribution in [0.1, 0.15) is 58.4 Å². The molecule has 0 saturated carbocycles. The van der Waals surface area contributed by atoms with E-state index in [9.17, 15) is 105 Å². The lowest BCUT2D eigenvalue weighted by Gasteiger charge is -2.39. The molecule has 0 amide bonds. The van der Waals surface area contributed by atoms with Crippen LogP contribution in [-0.2, 0) is 49.4 Å². The molecule has 0 unspecified atom stereocenters. The van der Waals surface area contributed by atoms with Gasteiger partial charge in [0.2, 0.25) is 0 Å². The van der Waals surface area contributed by atoms with Gasteiger partial charge in [0.25, 0.3) is 0 Å². The molecule has 0 aliphatic rings. The second-order valence-corrected chi connectivity index (χ2v) is 14.6. The molecular weight excluding hydrogens is 974 g/mol. The summed E-state index contributed by atoms with van der Waals surface area (Å²) in [6.45, 7) is 0.0561. The van der Waals surface area contributed by atoms with Crippen molar-refractivity contribution in [2.75, 3.05) is 13.1 Å². The van der Waals surface area contributed by atoms with E-state index in [2.05, 4.69) is 0 Å². The Morgan fingerprint density at radius 2 is 0.537 bits per heavy atom. The number of alkyl halides is 24. The fourth-order valence-corrected chi connectivity index (χ4v) is 7.34. The summed E-state index contributed by atoms with van der Waals surface area (Å²) in [7, 11) is 0. The van der Waals surface area contributed by atoms with Gasteiger partial charge in [0, 0.05) is 23.8 Å². The molecule has 0 aromatic heterocycles. The number of hydrogen-bond acceptors (Lipinski definition) is 0. The SMILES string of the molecule is CC[N+](CC)(c1cc(C(F)(F)F)cc(C(F)(F)F)c1)c1ccc(-c2cc(C(F)(F)F)cc(C(F)(F)F)c2)c(-c2cc(C(F)(F)F)cc(C(F)(F)F)c2)c1-c1cc(C(F)(F)F)cc(C(F)(F)F)c1. The van der Waals surface area contributed by atoms with Crippen LogP contribution in [0, 0.1) is 0 Å². The number of hydrogen-bond donors (Lipinski definition) is 0. The maximum atomic E-state index is 14.5. The Balaban J connectivity index is 2.26. The zero-order valence-corrected chi connectivity index (χ0v) is 33.0. The Hall–Kier alpha value is -5.62. The molecule has 0 aliphatic heterocycles. The third kappa shape index (κ3) is 10.9. The van der Waals surface area contributed by atoms with Crippen LogP contribution in [0.3, 0.4) is 0 Å². The van der Waals surface area contributed by atoms with Crippen LogP contribution in [0.15, 0.2) is 84.9 Å². The first-order chi connectivity index (χ1) is 30.1. The standard InChI is InChI=1S/C42H24F24N/c1-3-67(4-2,30-17-28(41(61,62)63)16-29(18-30)42(64,65)66)32-6-5-31(19-7-22(35(43,44)45)13-23(8-19)36(46,47)48)33(20-9-24(37(49,50)51)14-25(10-20)38(52,53)54)34(32)21-11-26(39(55,56)57)15-27(12-21)40(58,59)60/h5-18H,3-4H2,1-2H3/q+1. The molecule has 0 atom stereocenters. The molecular formula is C42H24F24N+. The highest BCUT2D eigenvalue weighted by Gasteiger charge is 2.46. The molecule has 0 heterocycles. The monoisotopic (exact) mass is 998 g/mol. The highest BCUT2D eigenvalue weighted by atomic mass is 19.4. The van der Waals surface area contributed by atoms with Crippen molar-refractivity contribution in [2.45, 2.75) is 63.3 Å². The summed E-state index contributed by atoms with van der Waals surface area (Å²) >= 11 is 0. The molecule has 67 heavy (non-hydrogen) atoms. The van der Waals surface area contributed by atoms with E-state index in [4.69, 9.17) is 0 Å². The molecule has 0 spiro atoms. The fourth-order valence-electron chi connectivity index (χ4n) is 7.34. The second kappa shape index (κ2) is 16.9. The number of nitrogens with zero attached hydrogens (tertiary/aromatic N) is 1. The van der Waals surface area contributed by atoms with Gasteiger partial charge in [-0.05, 0) is 103 Å². The molecule has 364 valence electrons. The van der Waals surface area contributed by atoms with Gasteiger partial charge in [0.05, 0.1) is 63.2 Å². The minimum Gasteiger partial charge on any atom is -0.259 e. The lowest BCUT2D eigenvalue weighted by molar-refractivity contribution is -0.144. The van der Waals surface area contributed by atoms with E-state index in [0.29, 0.717) is 12.1 Å². The third-order valence-electron chi connectivity index (χ3n) is 10.4. The summed E-state index contributed by atoms with van der Waals surface area (Å²) in [5.74, 6) is 0. The Kier molecular flexibility index (Phi) is 13.2. The molecule has 5 aromatic carbocycles. The van der Waals surface area contributed by atoms with E-state index < -0.39 is 181 Å². The Morgan fingerprint density at radius 1 is 0.299 bits per heavy atom. The molecule has 0 N–H and O–H groups in total. The zero-order chi connectivity index (χ0) is 51.1. The van der Waals surface area contributed by atoms with Gasteiger partial charge >= 0.3 is 49.4 Å². The summed E-state index contributed by atoms with van der Waals surface area (Å²) < 4.78 is 343. The van der Waals surface area contributed by atoms with Crippen LogP contribution in [0.25, 0.3) is 33.4 Å². The summed E-state index contributed by atoms with van der Waals surface area (Å²) in [6, 6.07) is -2.48. The van der Waals surface area contributed by atoms with E-state index in [1.54, 1.807) is 0 Å². The molecule has 0 fully saturated rings. The molecule has 5 rings (SSSR count). The van der Waals surface area contributed by atoms with Crippen molar-refractivity contribution in [2.24, 2.45) is 0 Å². The quantitative estimate of drug-likeness (QED) is 0.113. The van der Waals surface area contributed by atoms with Gasteiger partial charge < -0.3 is 0 Å². The molecule has 5 aromatic rings. The van der Waals surface area contributed by atoms with Gasteiger partial charge in [-0.25, -0.2) is 0 Å². The lowest BCUT2D eigenvalue weighted by atomic mass is 9.82. The lowest BCUT2D eigenvalue weighted by Crippen LogP contribution is -2.44. The molecule has 0 aliphatic carbocycles. The summed E-state index contributed by atoms with van der Waals surface area (Å²) in [4.78, 5) is 0. The van der Waals surface area contributed by atoms with E-state index in [1.165, 1.54) is 0 Å². The highest BCUT2D eigenvalue weighted by Crippen LogP contribution is 2.54. The number of benzene rings is 5. The van der Waals surface area contributed by atoms with Gasteiger partial charge in [-0.2, -0.15) is 105 Å². The molecule has 0 radical (unpaired) electrons. The van der Waals surface area contributed by atoms with Crippen LogP contribution in [0.4, 0.5) is 117 Å². The second-order valence-electron chi connectivity index (χ2n) is 14.6. The van der Waals surface area contributed by atoms with Crippen LogP contribution in [0.5, 0.6) is 0 Å². The maximum absolute atomic E-state index is 14.5. The highest BCUT2D eigenvalue weighted by molar-refractivity contribution is 6.01. The average molecular weight is 999 g/mol. The molecule has 0 saturated heterocycles. The van der Waals surface area contributed by atoms with Crippen molar-refractivity contribution >= 4 is 11.4 Å². The first-order valence-electron chi connectivity index (χ1n) is 18.4. The van der Waals surface area contributed by atoms with Crippen molar-refractivity contribution < 1.29 is 105 Å². The number of halogens is 24. The normalized spacial score (nSPS) is 13.9. The van der Waals surface area contributed by atoms with Crippen LogP contribution >= 0.6 is 0 Å². The first-order valence-corrected chi connectivity index (χ1v) is 18.4. The van der Waals surface area contributed by atoms with E-state index >= 15 is 0 Å². The number of rotatable bonds is 7. The minimum absolute atomic E-state index is 0.0291. The number of quaternary nitrogens is 1. The molecule has 25 heteroatoms. The smallest absolute Gasteiger partial charge is 0.259 e. The van der Waals surface area contributed by atoms with Gasteiger partial charge in [0.15, 0.2) is 0 Å². The largest absolute Gasteiger partial charge is 0.416 e. The zero-order valence-electron chi connectivity index (χ0n) is 33.0. The predicted octanol–water partition coefficient (Wildman–Crippen LogP) is 17.5. The van der Waals surface area contributed by atoms with Crippen molar-refractivity contribution in [1.82, 2.24) is 4.48 Å². The van der Waals surface area contributed by atoms with Gasteiger partial charge in [-0.1, -0.05) is 0 Å². The third-order valence-corrected chi connectivity index (χ3v) is 10.4. The van der Waals surface area contributed by atoms with E-state index in [0.717, 1.165) is 13.8 Å². The first kappa shape index (κ1) is 52.4. The van der Waals surface area contributed by atoms with Gasteiger partial charge in [0.1, 0.15) is 11.4 Å². The molecule has 0 bridgehead atoms. The van der Waals surface area contributed by atoms with Crippen molar-refractivity contribution in [3.63, 3.8) is 0 Å². The maximum Gasteiger partial charge on any atom is 0.416 e. The average Bonchev–Trinajstić information content (AvgIpc) is 3.18. The Labute approximate surface area is 360 Å². The predicted molar refractivity (Wildman–Crippen MR) is 192 cm³/mol. The fraction of sp³-hybridized carbons (Fsp3) is 0.286. The summed E-state index contributed by atoms with van der Waals surface area (Å²) in [6.07, 6.45) is -46.3. The molecule has 1 nitrogen and oxygen atoms in total. The van der Waals surface area contributed by atoms with Crippen molar-refractivity contribution in [3.8, 4) is 33.4 Å². The minimum atomic E-state index is -5.87. The van der Waals surface area contributed by atoms with Crippen LogP contribution < -0.4 is 4.48 Å². The van der Waals surface area contributed by atoms with Gasteiger partial charge in [-0.15, -0.1) is 0 Å². The van der Waals surface area contributed by atoms with Gasteiger partial charge in [-0.3, -0.25) is 4.48 Å². The van der Waals surface area contributed by atoms with Crippen molar-refractivity contribution in [3.05, 3.63) is 129 Å². The Bertz CT molecular complexity index is 2510.